The molecule has 2 aliphatic carbocycles. The van der Waals surface area contributed by atoms with Crippen LogP contribution in [0.1, 0.15) is 73.3 Å². The number of fused-ring (bicyclic) bond motifs is 2. The molecule has 3 aliphatic rings. The van der Waals surface area contributed by atoms with Crippen LogP contribution in [-0.2, 0) is 4.74 Å². The molecular formula is C37H31N3O2S. The van der Waals surface area contributed by atoms with E-state index in [9.17, 15) is 20.6 Å². The SMILES string of the molecule is COC1C(C2(C)C(C(C)C)=CC=CC2C(C)C)=CC(=O)c2cc(C#N)c3c4c(c(C#N)cc1c24)-c1cc(C#N)ccc1S3. The molecule has 3 unspecified atom stereocenters. The van der Waals surface area contributed by atoms with E-state index in [1.54, 1.807) is 31.4 Å². The number of allylic oxidation sites excluding steroid dienone is 5. The van der Waals surface area contributed by atoms with Gasteiger partial charge in [0.1, 0.15) is 12.2 Å². The molecule has 0 aromatic heterocycles. The summed E-state index contributed by atoms with van der Waals surface area (Å²) in [5, 5.41) is 31.9. The van der Waals surface area contributed by atoms with Gasteiger partial charge in [-0.25, -0.2) is 0 Å². The van der Waals surface area contributed by atoms with Crippen molar-refractivity contribution in [2.45, 2.75) is 50.5 Å². The summed E-state index contributed by atoms with van der Waals surface area (Å²) < 4.78 is 6.35. The second-order valence-corrected chi connectivity index (χ2v) is 13.4. The van der Waals surface area contributed by atoms with Crippen LogP contribution in [0.3, 0.4) is 0 Å². The first kappa shape index (κ1) is 28.7. The lowest BCUT2D eigenvalue weighted by Gasteiger charge is -2.47. The van der Waals surface area contributed by atoms with Crippen molar-refractivity contribution >= 4 is 28.3 Å². The third-order valence-electron chi connectivity index (χ3n) is 9.37. The molecule has 0 spiro atoms. The van der Waals surface area contributed by atoms with Gasteiger partial charge in [0.2, 0.25) is 0 Å². The highest BCUT2D eigenvalue weighted by Gasteiger charge is 2.48. The van der Waals surface area contributed by atoms with E-state index >= 15 is 0 Å². The molecule has 0 saturated heterocycles. The highest BCUT2D eigenvalue weighted by atomic mass is 32.2. The minimum Gasteiger partial charge on any atom is -0.372 e. The number of hydrogen-bond donors (Lipinski definition) is 0. The van der Waals surface area contributed by atoms with Gasteiger partial charge < -0.3 is 4.74 Å². The monoisotopic (exact) mass is 581 g/mol. The standard InChI is InChI=1S/C37H31N3O2S/c1-19(2)27-8-7-9-28(20(3)4)37(27,5)29-15-30(41)24-14-23(18-40)36-34-32(25-12-21(16-38)10-11-31(25)43-36)22(17-39)13-26(33(24)34)35(29)42-6/h7-15,19-20,27,35H,1-6H3. The Bertz CT molecular complexity index is 1980. The predicted octanol–water partition coefficient (Wildman–Crippen LogP) is 8.83. The summed E-state index contributed by atoms with van der Waals surface area (Å²) in [6.45, 7) is 11.0. The number of hydrogen-bond acceptors (Lipinski definition) is 6. The van der Waals surface area contributed by atoms with Crippen molar-refractivity contribution in [1.82, 2.24) is 0 Å². The zero-order chi connectivity index (χ0) is 30.8. The van der Waals surface area contributed by atoms with Gasteiger partial charge in [-0.1, -0.05) is 70.2 Å². The maximum atomic E-state index is 14.4. The maximum Gasteiger partial charge on any atom is 0.186 e. The van der Waals surface area contributed by atoms with E-state index in [-0.39, 0.29) is 23.5 Å². The fourth-order valence-electron chi connectivity index (χ4n) is 7.61. The largest absolute Gasteiger partial charge is 0.372 e. The lowest BCUT2D eigenvalue weighted by Crippen LogP contribution is -2.39. The third-order valence-corrected chi connectivity index (χ3v) is 10.6. The van der Waals surface area contributed by atoms with Crippen LogP contribution >= 0.6 is 11.8 Å². The van der Waals surface area contributed by atoms with E-state index in [4.69, 9.17) is 4.74 Å². The molecule has 43 heavy (non-hydrogen) atoms. The predicted molar refractivity (Wildman–Crippen MR) is 168 cm³/mol. The quantitative estimate of drug-likeness (QED) is 0.239. The van der Waals surface area contributed by atoms with Crippen LogP contribution in [0.15, 0.2) is 75.6 Å². The fourth-order valence-corrected chi connectivity index (χ4v) is 8.75. The van der Waals surface area contributed by atoms with E-state index in [1.807, 2.05) is 12.1 Å². The minimum atomic E-state index is -0.608. The molecule has 0 radical (unpaired) electrons. The fraction of sp³-hybridized carbons (Fsp3) is 0.297. The molecule has 0 fully saturated rings. The van der Waals surface area contributed by atoms with Gasteiger partial charge in [0, 0.05) is 44.2 Å². The topological polar surface area (TPSA) is 97.7 Å². The number of ether oxygens (including phenoxy) is 1. The molecule has 3 aromatic rings. The average molecular weight is 582 g/mol. The molecular weight excluding hydrogens is 550 g/mol. The van der Waals surface area contributed by atoms with Gasteiger partial charge in [-0.3, -0.25) is 4.79 Å². The number of carbonyl (C=O) groups excluding carboxylic acids is 1. The molecule has 0 saturated carbocycles. The molecule has 0 bridgehead atoms. The smallest absolute Gasteiger partial charge is 0.186 e. The van der Waals surface area contributed by atoms with Gasteiger partial charge in [0.05, 0.1) is 28.8 Å². The zero-order valence-electron chi connectivity index (χ0n) is 25.1. The van der Waals surface area contributed by atoms with Crippen molar-refractivity contribution in [3.05, 3.63) is 93.6 Å². The van der Waals surface area contributed by atoms with Gasteiger partial charge in [-0.15, -0.1) is 0 Å². The Labute approximate surface area is 256 Å². The minimum absolute atomic E-state index is 0.106. The van der Waals surface area contributed by atoms with Crippen molar-refractivity contribution in [3.63, 3.8) is 0 Å². The van der Waals surface area contributed by atoms with E-state index < -0.39 is 11.5 Å². The summed E-state index contributed by atoms with van der Waals surface area (Å²) in [4.78, 5) is 16.0. The lowest BCUT2D eigenvalue weighted by atomic mass is 9.57. The van der Waals surface area contributed by atoms with Crippen LogP contribution in [0.5, 0.6) is 0 Å². The van der Waals surface area contributed by atoms with Crippen LogP contribution in [0.25, 0.3) is 21.9 Å². The number of ketones is 1. The summed E-state index contributed by atoms with van der Waals surface area (Å²) >= 11 is 1.44. The van der Waals surface area contributed by atoms with E-state index in [0.29, 0.717) is 43.5 Å². The number of carbonyl (C=O) groups is 1. The first-order chi connectivity index (χ1) is 20.6. The Morgan fingerprint density at radius 1 is 0.953 bits per heavy atom. The molecule has 1 aliphatic heterocycles. The van der Waals surface area contributed by atoms with E-state index in [1.165, 1.54) is 17.3 Å². The van der Waals surface area contributed by atoms with Gasteiger partial charge in [-0.05, 0) is 70.9 Å². The van der Waals surface area contributed by atoms with E-state index in [2.05, 4.69) is 71.1 Å². The summed E-state index contributed by atoms with van der Waals surface area (Å²) in [5.74, 6) is 0.424. The number of methoxy groups -OCH3 is 1. The Hall–Kier alpha value is -4.41. The van der Waals surface area contributed by atoms with Crippen molar-refractivity contribution in [2.75, 3.05) is 7.11 Å². The average Bonchev–Trinajstić information content (AvgIpc) is 3.12. The second kappa shape index (κ2) is 10.4. The number of nitriles is 3. The summed E-state index contributed by atoms with van der Waals surface area (Å²) in [6.07, 6.45) is 7.66. The third kappa shape index (κ3) is 4.04. The maximum absolute atomic E-state index is 14.4. The lowest BCUT2D eigenvalue weighted by molar-refractivity contribution is 0.0964. The molecule has 1 heterocycles. The number of rotatable bonds is 4. The molecule has 6 rings (SSSR count). The van der Waals surface area contributed by atoms with Gasteiger partial charge in [0.15, 0.2) is 5.78 Å². The van der Waals surface area contributed by atoms with Crippen molar-refractivity contribution in [3.8, 4) is 29.3 Å². The molecule has 212 valence electrons. The number of benzene rings is 3. The Balaban J connectivity index is 1.75. The molecule has 3 atom stereocenters. The van der Waals surface area contributed by atoms with Crippen molar-refractivity contribution in [1.29, 1.82) is 15.8 Å². The first-order valence-corrected chi connectivity index (χ1v) is 15.3. The normalized spacial score (nSPS) is 21.9. The molecule has 5 nitrogen and oxygen atoms in total. The van der Waals surface area contributed by atoms with Crippen LogP contribution in [0, 0.1) is 57.2 Å². The molecule has 6 heteroatoms. The van der Waals surface area contributed by atoms with Gasteiger partial charge >= 0.3 is 0 Å². The summed E-state index contributed by atoms with van der Waals surface area (Å²) in [5.41, 5.74) is 5.42. The first-order valence-electron chi connectivity index (χ1n) is 14.5. The van der Waals surface area contributed by atoms with E-state index in [0.717, 1.165) is 21.6 Å². The van der Waals surface area contributed by atoms with Crippen LogP contribution in [-0.4, -0.2) is 12.9 Å². The van der Waals surface area contributed by atoms with Crippen LogP contribution in [0.4, 0.5) is 0 Å². The van der Waals surface area contributed by atoms with Gasteiger partial charge in [-0.2, -0.15) is 15.8 Å². The Kier molecular flexibility index (Phi) is 6.94. The molecule has 3 aromatic carbocycles. The molecule has 0 N–H and O–H groups in total. The highest BCUT2D eigenvalue weighted by Crippen LogP contribution is 2.58. The van der Waals surface area contributed by atoms with Crippen molar-refractivity contribution in [2.24, 2.45) is 23.2 Å². The van der Waals surface area contributed by atoms with Gasteiger partial charge in [0.25, 0.3) is 0 Å². The van der Waals surface area contributed by atoms with Crippen molar-refractivity contribution < 1.29 is 9.53 Å². The highest BCUT2D eigenvalue weighted by molar-refractivity contribution is 7.99. The van der Waals surface area contributed by atoms with Crippen LogP contribution < -0.4 is 0 Å². The Morgan fingerprint density at radius 3 is 2.33 bits per heavy atom. The number of nitrogens with zero attached hydrogens (tertiary/aromatic N) is 3. The summed E-state index contributed by atoms with van der Waals surface area (Å²) in [7, 11) is 1.66. The molecule has 0 amide bonds. The van der Waals surface area contributed by atoms with Crippen LogP contribution in [0.2, 0.25) is 0 Å². The zero-order valence-corrected chi connectivity index (χ0v) is 25.9. The summed E-state index contributed by atoms with van der Waals surface area (Å²) in [6, 6.07) is 15.9. The second-order valence-electron chi connectivity index (χ2n) is 12.3. The Morgan fingerprint density at radius 2 is 1.70 bits per heavy atom.